The zero-order valence-corrected chi connectivity index (χ0v) is 12.1. The van der Waals surface area contributed by atoms with Gasteiger partial charge >= 0.3 is 0 Å². The zero-order chi connectivity index (χ0) is 14.8. The van der Waals surface area contributed by atoms with Gasteiger partial charge in [0.1, 0.15) is 11.1 Å². The molecule has 21 heavy (non-hydrogen) atoms. The van der Waals surface area contributed by atoms with E-state index in [0.29, 0.717) is 29.9 Å². The molecule has 2 atom stereocenters. The number of hydrogen-bond acceptors (Lipinski definition) is 5. The number of nitrogens with zero attached hydrogens (tertiary/aromatic N) is 2. The molecule has 1 fully saturated rings. The predicted octanol–water partition coefficient (Wildman–Crippen LogP) is 1.38. The van der Waals surface area contributed by atoms with Gasteiger partial charge in [0.15, 0.2) is 0 Å². The van der Waals surface area contributed by atoms with Crippen LogP contribution in [-0.4, -0.2) is 43.1 Å². The van der Waals surface area contributed by atoms with E-state index < -0.39 is 0 Å². The van der Waals surface area contributed by atoms with Crippen LogP contribution in [0.4, 0.5) is 0 Å². The van der Waals surface area contributed by atoms with E-state index in [1.165, 1.54) is 0 Å². The molecule has 0 amide bonds. The van der Waals surface area contributed by atoms with Crippen molar-refractivity contribution in [1.82, 2.24) is 9.55 Å². The van der Waals surface area contributed by atoms with Crippen LogP contribution >= 0.6 is 0 Å². The molecule has 1 aromatic carbocycles. The molecule has 2 aromatic rings. The summed E-state index contributed by atoms with van der Waals surface area (Å²) in [5.41, 5.74) is 0.497. The Hall–Kier alpha value is -1.92. The first-order valence-electron chi connectivity index (χ1n) is 6.90. The summed E-state index contributed by atoms with van der Waals surface area (Å²) in [5.74, 6) is 0.532. The Morgan fingerprint density at radius 2 is 2.24 bits per heavy atom. The summed E-state index contributed by atoms with van der Waals surface area (Å²) in [6, 6.07) is 5.22. The van der Waals surface area contributed by atoms with Crippen molar-refractivity contribution in [3.05, 3.63) is 34.9 Å². The van der Waals surface area contributed by atoms with Gasteiger partial charge in [-0.3, -0.25) is 9.36 Å². The molecule has 1 saturated heterocycles. The van der Waals surface area contributed by atoms with Gasteiger partial charge in [-0.2, -0.15) is 0 Å². The summed E-state index contributed by atoms with van der Waals surface area (Å²) < 4.78 is 17.9. The van der Waals surface area contributed by atoms with Gasteiger partial charge in [-0.05, 0) is 18.6 Å². The molecule has 6 nitrogen and oxygen atoms in total. The summed E-state index contributed by atoms with van der Waals surface area (Å²) in [5, 5.41) is 0.489. The number of hydrogen-bond donors (Lipinski definition) is 0. The Bertz CT molecular complexity index is 698. The van der Waals surface area contributed by atoms with Gasteiger partial charge in [-0.1, -0.05) is 6.07 Å². The second-order valence-corrected chi connectivity index (χ2v) is 5.02. The van der Waals surface area contributed by atoms with Gasteiger partial charge < -0.3 is 14.2 Å². The monoisotopic (exact) mass is 290 g/mol. The highest BCUT2D eigenvalue weighted by Crippen LogP contribution is 2.24. The molecule has 3 rings (SSSR count). The van der Waals surface area contributed by atoms with Crippen LogP contribution in [-0.2, 0) is 9.47 Å². The molecule has 0 bridgehead atoms. The normalized spacial score (nSPS) is 22.4. The largest absolute Gasteiger partial charge is 0.496 e. The van der Waals surface area contributed by atoms with E-state index in [-0.39, 0.29) is 17.7 Å². The van der Waals surface area contributed by atoms with E-state index in [9.17, 15) is 4.79 Å². The third kappa shape index (κ3) is 2.41. The van der Waals surface area contributed by atoms with Gasteiger partial charge in [0.05, 0.1) is 37.7 Å². The SMILES string of the molecule is COc1cccc2ncn([C@@H]3COCC[C@H]3OC)c(=O)c12. The fourth-order valence-corrected chi connectivity index (χ4v) is 2.79. The van der Waals surface area contributed by atoms with Crippen LogP contribution in [0.1, 0.15) is 12.5 Å². The minimum Gasteiger partial charge on any atom is -0.496 e. The van der Waals surface area contributed by atoms with E-state index >= 15 is 0 Å². The second kappa shape index (κ2) is 5.83. The fraction of sp³-hybridized carbons (Fsp3) is 0.467. The molecule has 6 heteroatoms. The van der Waals surface area contributed by atoms with Crippen LogP contribution < -0.4 is 10.3 Å². The summed E-state index contributed by atoms with van der Waals surface area (Å²) in [4.78, 5) is 17.2. The van der Waals surface area contributed by atoms with Crippen molar-refractivity contribution < 1.29 is 14.2 Å². The standard InChI is InChI=1S/C15H18N2O4/c1-19-12-6-7-21-8-11(12)17-9-16-10-4-3-5-13(20-2)14(10)15(17)18/h3-5,9,11-12H,6-8H2,1-2H3/t11-,12-/m1/s1. The third-order valence-electron chi connectivity index (χ3n) is 3.92. The van der Waals surface area contributed by atoms with E-state index in [2.05, 4.69) is 4.98 Å². The molecular formula is C15H18N2O4. The lowest BCUT2D eigenvalue weighted by Gasteiger charge is -2.31. The number of ether oxygens (including phenoxy) is 3. The maximum atomic E-state index is 12.8. The molecule has 0 N–H and O–H groups in total. The first-order valence-corrected chi connectivity index (χ1v) is 6.90. The summed E-state index contributed by atoms with van der Waals surface area (Å²) in [7, 11) is 3.20. The zero-order valence-electron chi connectivity index (χ0n) is 12.1. The van der Waals surface area contributed by atoms with Gasteiger partial charge in [-0.25, -0.2) is 4.98 Å². The highest BCUT2D eigenvalue weighted by Gasteiger charge is 2.28. The van der Waals surface area contributed by atoms with Crippen molar-refractivity contribution in [2.75, 3.05) is 27.4 Å². The molecule has 0 radical (unpaired) electrons. The Morgan fingerprint density at radius 3 is 3.00 bits per heavy atom. The van der Waals surface area contributed by atoms with Crippen molar-refractivity contribution in [3.63, 3.8) is 0 Å². The van der Waals surface area contributed by atoms with E-state index in [4.69, 9.17) is 14.2 Å². The highest BCUT2D eigenvalue weighted by atomic mass is 16.5. The van der Waals surface area contributed by atoms with Gasteiger partial charge in [0, 0.05) is 13.7 Å². The van der Waals surface area contributed by atoms with Gasteiger partial charge in [-0.15, -0.1) is 0 Å². The van der Waals surface area contributed by atoms with Crippen molar-refractivity contribution in [2.45, 2.75) is 18.6 Å². The number of fused-ring (bicyclic) bond motifs is 1. The lowest BCUT2D eigenvalue weighted by Crippen LogP contribution is -2.40. The molecule has 112 valence electrons. The van der Waals surface area contributed by atoms with E-state index in [1.807, 2.05) is 6.07 Å². The molecule has 1 aromatic heterocycles. The molecular weight excluding hydrogens is 272 g/mol. The Morgan fingerprint density at radius 1 is 1.38 bits per heavy atom. The number of benzene rings is 1. The minimum atomic E-state index is -0.168. The number of rotatable bonds is 3. The quantitative estimate of drug-likeness (QED) is 0.854. The van der Waals surface area contributed by atoms with Crippen molar-refractivity contribution >= 4 is 10.9 Å². The van der Waals surface area contributed by atoms with E-state index in [1.54, 1.807) is 37.2 Å². The fourth-order valence-electron chi connectivity index (χ4n) is 2.79. The topological polar surface area (TPSA) is 62.6 Å². The lowest BCUT2D eigenvalue weighted by atomic mass is 10.1. The summed E-state index contributed by atoms with van der Waals surface area (Å²) >= 11 is 0. The summed E-state index contributed by atoms with van der Waals surface area (Å²) in [6.45, 7) is 1.09. The average molecular weight is 290 g/mol. The second-order valence-electron chi connectivity index (χ2n) is 5.02. The molecule has 0 aliphatic carbocycles. The van der Waals surface area contributed by atoms with E-state index in [0.717, 1.165) is 6.42 Å². The smallest absolute Gasteiger partial charge is 0.265 e. The molecule has 2 heterocycles. The first kappa shape index (κ1) is 14.0. The molecule has 1 aliphatic rings. The van der Waals surface area contributed by atoms with Crippen molar-refractivity contribution in [2.24, 2.45) is 0 Å². The van der Waals surface area contributed by atoms with Gasteiger partial charge in [0.2, 0.25) is 0 Å². The van der Waals surface area contributed by atoms with Crippen molar-refractivity contribution in [1.29, 1.82) is 0 Å². The Labute approximate surface area is 122 Å². The Kier molecular flexibility index (Phi) is 3.90. The third-order valence-corrected chi connectivity index (χ3v) is 3.92. The highest BCUT2D eigenvalue weighted by molar-refractivity contribution is 5.83. The molecule has 0 saturated carbocycles. The minimum absolute atomic E-state index is 0.0505. The maximum Gasteiger partial charge on any atom is 0.265 e. The Balaban J connectivity index is 2.15. The lowest BCUT2D eigenvalue weighted by molar-refractivity contribution is -0.0508. The van der Waals surface area contributed by atoms with Crippen LogP contribution in [0.3, 0.4) is 0 Å². The predicted molar refractivity (Wildman–Crippen MR) is 77.8 cm³/mol. The van der Waals surface area contributed by atoms with Gasteiger partial charge in [0.25, 0.3) is 5.56 Å². The van der Waals surface area contributed by atoms with Crippen LogP contribution in [0.5, 0.6) is 5.75 Å². The molecule has 1 aliphatic heterocycles. The first-order chi connectivity index (χ1) is 10.3. The number of methoxy groups -OCH3 is 2. The van der Waals surface area contributed by atoms with Crippen LogP contribution in [0.2, 0.25) is 0 Å². The van der Waals surface area contributed by atoms with Crippen molar-refractivity contribution in [3.8, 4) is 5.75 Å². The maximum absolute atomic E-state index is 12.8. The van der Waals surface area contributed by atoms with Crippen LogP contribution in [0.15, 0.2) is 29.3 Å². The molecule has 0 spiro atoms. The number of aromatic nitrogens is 2. The average Bonchev–Trinajstić information content (AvgIpc) is 2.54. The summed E-state index contributed by atoms with van der Waals surface area (Å²) in [6.07, 6.45) is 2.28. The van der Waals surface area contributed by atoms with Crippen LogP contribution in [0, 0.1) is 0 Å². The van der Waals surface area contributed by atoms with Crippen LogP contribution in [0.25, 0.3) is 10.9 Å². The molecule has 0 unspecified atom stereocenters.